The highest BCUT2D eigenvalue weighted by Crippen LogP contribution is 2.22. The van der Waals surface area contributed by atoms with Crippen LogP contribution in [0, 0.1) is 11.8 Å². The number of sulfonamides is 1. The van der Waals surface area contributed by atoms with Crippen molar-refractivity contribution in [1.82, 2.24) is 9.71 Å². The summed E-state index contributed by atoms with van der Waals surface area (Å²) < 4.78 is 32.7. The first-order valence-corrected chi connectivity index (χ1v) is 10.6. The van der Waals surface area contributed by atoms with Crippen molar-refractivity contribution in [3.05, 3.63) is 66.4 Å². The maximum atomic E-state index is 12.3. The average molecular weight is 394 g/mol. The van der Waals surface area contributed by atoms with Crippen molar-refractivity contribution in [2.24, 2.45) is 0 Å². The first-order valence-electron chi connectivity index (χ1n) is 9.11. The number of nitrogens with zero attached hydrogens (tertiary/aromatic N) is 1. The first-order chi connectivity index (χ1) is 13.6. The summed E-state index contributed by atoms with van der Waals surface area (Å²) in [5, 5.41) is 0.991. The highest BCUT2D eigenvalue weighted by molar-refractivity contribution is 7.89. The van der Waals surface area contributed by atoms with Crippen LogP contribution < -0.4 is 9.46 Å². The third-order valence-corrected chi connectivity index (χ3v) is 5.56. The molecule has 0 spiro atoms. The van der Waals surface area contributed by atoms with E-state index in [4.69, 9.17) is 4.74 Å². The molecule has 5 nitrogen and oxygen atoms in total. The lowest BCUT2D eigenvalue weighted by atomic mass is 10.1. The molecule has 28 heavy (non-hydrogen) atoms. The van der Waals surface area contributed by atoms with E-state index in [9.17, 15) is 8.42 Å². The summed E-state index contributed by atoms with van der Waals surface area (Å²) in [5.41, 5.74) is 1.90. The van der Waals surface area contributed by atoms with Crippen LogP contribution >= 0.6 is 0 Å². The number of rotatable bonds is 7. The van der Waals surface area contributed by atoms with Gasteiger partial charge in [0.25, 0.3) is 0 Å². The topological polar surface area (TPSA) is 68.3 Å². The Morgan fingerprint density at radius 3 is 2.61 bits per heavy atom. The van der Waals surface area contributed by atoms with Gasteiger partial charge in [-0.25, -0.2) is 8.42 Å². The van der Waals surface area contributed by atoms with Gasteiger partial charge < -0.3 is 4.74 Å². The van der Waals surface area contributed by atoms with Crippen molar-refractivity contribution in [2.75, 3.05) is 13.2 Å². The van der Waals surface area contributed by atoms with Crippen molar-refractivity contribution in [2.45, 2.75) is 24.7 Å². The van der Waals surface area contributed by atoms with Gasteiger partial charge in [-0.15, -0.1) is 0 Å². The van der Waals surface area contributed by atoms with E-state index in [0.717, 1.165) is 29.3 Å². The Hall–Kier alpha value is -2.88. The maximum Gasteiger partial charge on any atom is 0.241 e. The third-order valence-electron chi connectivity index (χ3n) is 4.14. The van der Waals surface area contributed by atoms with Gasteiger partial charge >= 0.3 is 0 Å². The summed E-state index contributed by atoms with van der Waals surface area (Å²) in [7, 11) is -3.56. The molecule has 1 heterocycles. The SMILES string of the molecule is CCCc1ccc(S(=O)(=O)NCC#CCOc2cccc3cccnc23)cc1. The summed E-state index contributed by atoms with van der Waals surface area (Å²) in [6.07, 6.45) is 3.67. The van der Waals surface area contributed by atoms with E-state index < -0.39 is 10.0 Å². The normalized spacial score (nSPS) is 11.0. The number of fused-ring (bicyclic) bond motifs is 1. The second kappa shape index (κ2) is 9.36. The predicted octanol–water partition coefficient (Wildman–Crippen LogP) is 3.55. The number of hydrogen-bond acceptors (Lipinski definition) is 4. The van der Waals surface area contributed by atoms with E-state index in [1.165, 1.54) is 0 Å². The molecule has 0 radical (unpaired) electrons. The number of aryl methyl sites for hydroxylation is 1. The van der Waals surface area contributed by atoms with E-state index in [-0.39, 0.29) is 18.0 Å². The van der Waals surface area contributed by atoms with E-state index in [0.29, 0.717) is 5.75 Å². The Morgan fingerprint density at radius 1 is 1.04 bits per heavy atom. The fourth-order valence-electron chi connectivity index (χ4n) is 2.76. The van der Waals surface area contributed by atoms with Crippen LogP contribution in [0.4, 0.5) is 0 Å². The summed E-state index contributed by atoms with van der Waals surface area (Å²) in [5.74, 6) is 6.25. The van der Waals surface area contributed by atoms with Crippen LogP contribution in [0.15, 0.2) is 65.7 Å². The van der Waals surface area contributed by atoms with Crippen molar-refractivity contribution in [3.63, 3.8) is 0 Å². The lowest BCUT2D eigenvalue weighted by Gasteiger charge is -2.06. The molecule has 1 aromatic heterocycles. The lowest BCUT2D eigenvalue weighted by molar-refractivity contribution is 0.374. The van der Waals surface area contributed by atoms with Gasteiger partial charge in [0.2, 0.25) is 10.0 Å². The van der Waals surface area contributed by atoms with Gasteiger partial charge in [-0.05, 0) is 36.2 Å². The maximum absolute atomic E-state index is 12.3. The first kappa shape index (κ1) is 19.9. The highest BCUT2D eigenvalue weighted by atomic mass is 32.2. The molecule has 0 bridgehead atoms. The van der Waals surface area contributed by atoms with E-state index in [1.807, 2.05) is 42.5 Å². The Labute approximate surface area is 165 Å². The summed E-state index contributed by atoms with van der Waals surface area (Å²) in [6, 6.07) is 16.5. The van der Waals surface area contributed by atoms with Crippen molar-refractivity contribution >= 4 is 20.9 Å². The summed E-state index contributed by atoms with van der Waals surface area (Å²) in [4.78, 5) is 4.56. The van der Waals surface area contributed by atoms with Gasteiger partial charge in [-0.2, -0.15) is 4.72 Å². The number of para-hydroxylation sites is 1. The number of benzene rings is 2. The molecule has 0 aliphatic rings. The van der Waals surface area contributed by atoms with Crippen LogP contribution in [0.1, 0.15) is 18.9 Å². The Balaban J connectivity index is 1.53. The van der Waals surface area contributed by atoms with E-state index >= 15 is 0 Å². The van der Waals surface area contributed by atoms with Crippen LogP contribution in [0.5, 0.6) is 5.75 Å². The zero-order valence-corrected chi connectivity index (χ0v) is 16.5. The molecule has 0 saturated heterocycles. The largest absolute Gasteiger partial charge is 0.479 e. The van der Waals surface area contributed by atoms with Gasteiger partial charge in [0.1, 0.15) is 17.9 Å². The monoisotopic (exact) mass is 394 g/mol. The smallest absolute Gasteiger partial charge is 0.241 e. The molecule has 6 heteroatoms. The number of ether oxygens (including phenoxy) is 1. The molecule has 144 valence electrons. The van der Waals surface area contributed by atoms with Crippen LogP contribution in [0.25, 0.3) is 10.9 Å². The minimum Gasteiger partial charge on any atom is -0.479 e. The van der Waals surface area contributed by atoms with Crippen molar-refractivity contribution < 1.29 is 13.2 Å². The Bertz CT molecular complexity index is 1090. The lowest BCUT2D eigenvalue weighted by Crippen LogP contribution is -2.24. The second-order valence-corrected chi connectivity index (χ2v) is 7.96. The number of nitrogens with one attached hydrogen (secondary N) is 1. The van der Waals surface area contributed by atoms with Gasteiger partial charge in [0.15, 0.2) is 0 Å². The zero-order chi connectivity index (χ0) is 19.8. The number of pyridine rings is 1. The summed E-state index contributed by atoms with van der Waals surface area (Å²) in [6.45, 7) is 2.27. The van der Waals surface area contributed by atoms with Crippen molar-refractivity contribution in [1.29, 1.82) is 0 Å². The van der Waals surface area contributed by atoms with Crippen LogP contribution in [-0.4, -0.2) is 26.6 Å². The molecule has 0 saturated carbocycles. The van der Waals surface area contributed by atoms with Gasteiger partial charge in [0, 0.05) is 11.6 Å². The van der Waals surface area contributed by atoms with Crippen LogP contribution in [0.3, 0.4) is 0 Å². The molecule has 3 rings (SSSR count). The summed E-state index contributed by atoms with van der Waals surface area (Å²) >= 11 is 0. The number of hydrogen-bond donors (Lipinski definition) is 1. The molecular formula is C22H22N2O3S. The minimum atomic E-state index is -3.56. The molecule has 0 amide bonds. The molecule has 0 aliphatic heterocycles. The minimum absolute atomic E-state index is 0.0240. The molecule has 2 aromatic carbocycles. The molecule has 0 atom stereocenters. The predicted molar refractivity (Wildman–Crippen MR) is 111 cm³/mol. The zero-order valence-electron chi connectivity index (χ0n) is 15.7. The fourth-order valence-corrected chi connectivity index (χ4v) is 3.68. The fraction of sp³-hybridized carbons (Fsp3) is 0.227. The third kappa shape index (κ3) is 5.10. The number of aromatic nitrogens is 1. The molecule has 0 fully saturated rings. The van der Waals surface area contributed by atoms with E-state index in [1.54, 1.807) is 18.3 Å². The molecule has 1 N–H and O–H groups in total. The van der Waals surface area contributed by atoms with Crippen LogP contribution in [0.2, 0.25) is 0 Å². The Kier molecular flexibility index (Phi) is 6.64. The van der Waals surface area contributed by atoms with Gasteiger partial charge in [-0.1, -0.05) is 55.5 Å². The standard InChI is InChI=1S/C22H22N2O3S/c1-2-7-18-11-13-20(14-12-18)28(25,26)24-16-3-4-17-27-21-10-5-8-19-9-6-15-23-22(19)21/h5-6,8-15,24H,2,7,16-17H2,1H3. The van der Waals surface area contributed by atoms with Gasteiger partial charge in [0.05, 0.1) is 11.4 Å². The van der Waals surface area contributed by atoms with E-state index in [2.05, 4.69) is 28.5 Å². The quantitative estimate of drug-likeness (QED) is 0.622. The second-order valence-electron chi connectivity index (χ2n) is 6.19. The Morgan fingerprint density at radius 2 is 1.82 bits per heavy atom. The average Bonchev–Trinajstić information content (AvgIpc) is 2.71. The molecular weight excluding hydrogens is 372 g/mol. The molecule has 0 aliphatic carbocycles. The van der Waals surface area contributed by atoms with Gasteiger partial charge in [-0.3, -0.25) is 4.98 Å². The van der Waals surface area contributed by atoms with Crippen molar-refractivity contribution in [3.8, 4) is 17.6 Å². The molecule has 3 aromatic rings. The molecule has 0 unspecified atom stereocenters. The van der Waals surface area contributed by atoms with Crippen LogP contribution in [-0.2, 0) is 16.4 Å². The highest BCUT2D eigenvalue weighted by Gasteiger charge is 2.12.